The van der Waals surface area contributed by atoms with Gasteiger partial charge in [-0.3, -0.25) is 0 Å². The molecule has 1 saturated carbocycles. The number of rotatable bonds is 5. The first-order chi connectivity index (χ1) is 9.28. The maximum absolute atomic E-state index is 5.86. The molecule has 4 heteroatoms. The summed E-state index contributed by atoms with van der Waals surface area (Å²) in [6, 6.07) is 6.63. The molecule has 1 N–H and O–H groups in total. The molecule has 19 heavy (non-hydrogen) atoms. The van der Waals surface area contributed by atoms with Crippen LogP contribution < -0.4 is 10.1 Å². The van der Waals surface area contributed by atoms with Crippen LogP contribution in [-0.2, 0) is 11.3 Å². The van der Waals surface area contributed by atoms with E-state index < -0.39 is 0 Å². The van der Waals surface area contributed by atoms with Gasteiger partial charge in [-0.25, -0.2) is 0 Å². The zero-order valence-corrected chi connectivity index (χ0v) is 12.8. The maximum Gasteiger partial charge on any atom is 0.123 e. The lowest BCUT2D eigenvalue weighted by molar-refractivity contribution is 0.0808. The Labute approximate surface area is 122 Å². The fourth-order valence-corrected chi connectivity index (χ4v) is 3.25. The van der Waals surface area contributed by atoms with Gasteiger partial charge in [-0.15, -0.1) is 0 Å². The van der Waals surface area contributed by atoms with Crippen molar-refractivity contribution in [1.82, 2.24) is 5.32 Å². The lowest BCUT2D eigenvalue weighted by atomic mass is 10.1. The van der Waals surface area contributed by atoms with E-state index in [1.54, 1.807) is 7.11 Å². The third-order valence-electron chi connectivity index (χ3n) is 4.02. The Morgan fingerprint density at radius 1 is 1.37 bits per heavy atom. The molecule has 0 radical (unpaired) electrons. The Morgan fingerprint density at radius 2 is 2.21 bits per heavy atom. The number of benzene rings is 1. The number of ether oxygens (including phenoxy) is 2. The summed E-state index contributed by atoms with van der Waals surface area (Å²) in [4.78, 5) is 0. The topological polar surface area (TPSA) is 30.5 Å². The van der Waals surface area contributed by atoms with Gasteiger partial charge in [0.05, 0.1) is 13.2 Å². The third-order valence-corrected chi connectivity index (χ3v) is 4.51. The first-order valence-electron chi connectivity index (χ1n) is 6.95. The van der Waals surface area contributed by atoms with Crippen molar-refractivity contribution in [1.29, 1.82) is 0 Å². The molecule has 2 aliphatic rings. The lowest BCUT2D eigenvalue weighted by Gasteiger charge is -2.20. The van der Waals surface area contributed by atoms with Crippen molar-refractivity contribution in [2.45, 2.75) is 38.0 Å². The molecule has 3 nitrogen and oxygen atoms in total. The summed E-state index contributed by atoms with van der Waals surface area (Å²) in [7, 11) is 1.72. The Hall–Kier alpha value is -0.580. The molecule has 1 saturated heterocycles. The van der Waals surface area contributed by atoms with E-state index in [-0.39, 0.29) is 0 Å². The summed E-state index contributed by atoms with van der Waals surface area (Å²) in [6.07, 6.45) is 4.22. The van der Waals surface area contributed by atoms with E-state index in [1.807, 2.05) is 12.1 Å². The van der Waals surface area contributed by atoms with Crippen LogP contribution in [0.4, 0.5) is 0 Å². The molecule has 1 aliphatic carbocycles. The fourth-order valence-electron chi connectivity index (χ4n) is 2.85. The highest BCUT2D eigenvalue weighted by atomic mass is 79.9. The molecular formula is C15H20BrNO2. The highest BCUT2D eigenvalue weighted by Crippen LogP contribution is 2.38. The minimum atomic E-state index is 0.429. The Balaban J connectivity index is 1.63. The molecule has 1 heterocycles. The van der Waals surface area contributed by atoms with Crippen molar-refractivity contribution < 1.29 is 9.47 Å². The molecule has 1 aromatic carbocycles. The summed E-state index contributed by atoms with van der Waals surface area (Å²) < 4.78 is 12.4. The standard InChI is InChI=1S/C15H20BrNO2/c1-18-14-5-4-12(16)8-11(14)9-17-13-6-7-19-15(13)10-2-3-10/h4-5,8,10,13,15,17H,2-3,6-7,9H2,1H3. The average molecular weight is 326 g/mol. The Bertz CT molecular complexity index is 448. The highest BCUT2D eigenvalue weighted by molar-refractivity contribution is 9.10. The minimum absolute atomic E-state index is 0.429. The van der Waals surface area contributed by atoms with Gasteiger partial charge in [0, 0.05) is 29.2 Å². The molecule has 0 aromatic heterocycles. The zero-order valence-electron chi connectivity index (χ0n) is 11.2. The molecule has 2 unspecified atom stereocenters. The molecule has 104 valence electrons. The van der Waals surface area contributed by atoms with Crippen LogP contribution in [0.5, 0.6) is 5.75 Å². The molecule has 0 amide bonds. The van der Waals surface area contributed by atoms with Crippen LogP contribution in [0.25, 0.3) is 0 Å². The molecule has 2 fully saturated rings. The third kappa shape index (κ3) is 3.12. The van der Waals surface area contributed by atoms with E-state index in [4.69, 9.17) is 9.47 Å². The smallest absolute Gasteiger partial charge is 0.123 e. The van der Waals surface area contributed by atoms with Gasteiger partial charge in [-0.2, -0.15) is 0 Å². The first-order valence-corrected chi connectivity index (χ1v) is 7.74. The lowest BCUT2D eigenvalue weighted by Crippen LogP contribution is -2.37. The predicted molar refractivity (Wildman–Crippen MR) is 78.4 cm³/mol. The van der Waals surface area contributed by atoms with E-state index in [2.05, 4.69) is 27.3 Å². The van der Waals surface area contributed by atoms with E-state index in [9.17, 15) is 0 Å². The molecule has 1 aromatic rings. The van der Waals surface area contributed by atoms with Gasteiger partial charge in [-0.05, 0) is 43.4 Å². The van der Waals surface area contributed by atoms with Crippen LogP contribution in [0.3, 0.4) is 0 Å². The quantitative estimate of drug-likeness (QED) is 0.902. The SMILES string of the molecule is COc1ccc(Br)cc1CNC1CCOC1C1CC1. The number of methoxy groups -OCH3 is 1. The monoisotopic (exact) mass is 325 g/mol. The van der Waals surface area contributed by atoms with E-state index in [1.165, 1.54) is 18.4 Å². The number of nitrogens with one attached hydrogen (secondary N) is 1. The van der Waals surface area contributed by atoms with Crippen molar-refractivity contribution >= 4 is 15.9 Å². The Kier molecular flexibility index (Phi) is 4.10. The molecule has 1 aliphatic heterocycles. The second-order valence-corrected chi connectivity index (χ2v) is 6.32. The minimum Gasteiger partial charge on any atom is -0.496 e. The number of hydrogen-bond donors (Lipinski definition) is 1. The summed E-state index contributed by atoms with van der Waals surface area (Å²) in [5.74, 6) is 1.74. The van der Waals surface area contributed by atoms with Crippen LogP contribution in [-0.4, -0.2) is 25.9 Å². The zero-order chi connectivity index (χ0) is 13.2. The van der Waals surface area contributed by atoms with Gasteiger partial charge in [0.15, 0.2) is 0 Å². The molecular weight excluding hydrogens is 306 g/mol. The summed E-state index contributed by atoms with van der Waals surface area (Å²) in [5, 5.41) is 3.65. The number of hydrogen-bond acceptors (Lipinski definition) is 3. The summed E-state index contributed by atoms with van der Waals surface area (Å²) >= 11 is 3.52. The summed E-state index contributed by atoms with van der Waals surface area (Å²) in [5.41, 5.74) is 1.19. The molecule has 3 rings (SSSR count). The van der Waals surface area contributed by atoms with Gasteiger partial charge >= 0.3 is 0 Å². The van der Waals surface area contributed by atoms with Crippen molar-refractivity contribution in [3.8, 4) is 5.75 Å². The van der Waals surface area contributed by atoms with Crippen LogP contribution in [0.15, 0.2) is 22.7 Å². The predicted octanol–water partition coefficient (Wildman–Crippen LogP) is 3.11. The largest absolute Gasteiger partial charge is 0.496 e. The van der Waals surface area contributed by atoms with Crippen LogP contribution in [0.2, 0.25) is 0 Å². The fraction of sp³-hybridized carbons (Fsp3) is 0.600. The Morgan fingerprint density at radius 3 is 2.95 bits per heavy atom. The second kappa shape index (κ2) is 5.81. The molecule has 0 spiro atoms. The van der Waals surface area contributed by atoms with Gasteiger partial charge in [0.2, 0.25) is 0 Å². The number of halogens is 1. The van der Waals surface area contributed by atoms with Crippen LogP contribution >= 0.6 is 15.9 Å². The normalized spacial score (nSPS) is 26.6. The molecule has 2 atom stereocenters. The van der Waals surface area contributed by atoms with Crippen molar-refractivity contribution in [3.05, 3.63) is 28.2 Å². The van der Waals surface area contributed by atoms with Crippen LogP contribution in [0.1, 0.15) is 24.8 Å². The van der Waals surface area contributed by atoms with Gasteiger partial charge in [0.1, 0.15) is 5.75 Å². The molecule has 0 bridgehead atoms. The van der Waals surface area contributed by atoms with E-state index >= 15 is 0 Å². The van der Waals surface area contributed by atoms with E-state index in [0.29, 0.717) is 12.1 Å². The van der Waals surface area contributed by atoms with Gasteiger partial charge in [0.25, 0.3) is 0 Å². The second-order valence-electron chi connectivity index (χ2n) is 5.41. The van der Waals surface area contributed by atoms with Gasteiger partial charge in [-0.1, -0.05) is 15.9 Å². The van der Waals surface area contributed by atoms with Gasteiger partial charge < -0.3 is 14.8 Å². The van der Waals surface area contributed by atoms with Crippen molar-refractivity contribution in [2.24, 2.45) is 5.92 Å². The maximum atomic E-state index is 5.86. The van der Waals surface area contributed by atoms with Crippen molar-refractivity contribution in [3.63, 3.8) is 0 Å². The van der Waals surface area contributed by atoms with Crippen LogP contribution in [0, 0.1) is 5.92 Å². The first kappa shape index (κ1) is 13.4. The average Bonchev–Trinajstić information content (AvgIpc) is 3.15. The van der Waals surface area contributed by atoms with Crippen molar-refractivity contribution in [2.75, 3.05) is 13.7 Å². The highest BCUT2D eigenvalue weighted by Gasteiger charge is 2.40. The van der Waals surface area contributed by atoms with E-state index in [0.717, 1.165) is 35.7 Å². The summed E-state index contributed by atoms with van der Waals surface area (Å²) in [6.45, 7) is 1.73.